The Morgan fingerprint density at radius 2 is 1.88 bits per heavy atom. The summed E-state index contributed by atoms with van der Waals surface area (Å²) in [4.78, 5) is 0. The summed E-state index contributed by atoms with van der Waals surface area (Å²) in [5, 5.41) is 13.4. The Balaban J connectivity index is 1.90. The van der Waals surface area contributed by atoms with Gasteiger partial charge in [-0.15, -0.1) is 0 Å². The van der Waals surface area contributed by atoms with Crippen LogP contribution in [0.1, 0.15) is 51.4 Å². The summed E-state index contributed by atoms with van der Waals surface area (Å²) in [6, 6.07) is 0.624. The first-order chi connectivity index (χ1) is 7.85. The van der Waals surface area contributed by atoms with E-state index >= 15 is 0 Å². The van der Waals surface area contributed by atoms with Crippen molar-refractivity contribution in [3.05, 3.63) is 0 Å². The van der Waals surface area contributed by atoms with E-state index in [-0.39, 0.29) is 12.1 Å². The van der Waals surface area contributed by atoms with Crippen LogP contribution in [0.25, 0.3) is 0 Å². The van der Waals surface area contributed by atoms with E-state index in [1.54, 1.807) is 0 Å². The zero-order chi connectivity index (χ0) is 11.3. The third-order valence-electron chi connectivity index (χ3n) is 4.09. The maximum atomic E-state index is 9.68. The summed E-state index contributed by atoms with van der Waals surface area (Å²) in [5.41, 5.74) is -0.0570. The number of hydrogen-bond acceptors (Lipinski definition) is 3. The van der Waals surface area contributed by atoms with E-state index in [2.05, 4.69) is 5.32 Å². The Morgan fingerprint density at radius 3 is 2.62 bits per heavy atom. The predicted octanol–water partition coefficient (Wildman–Crippen LogP) is 1.84. The Bertz CT molecular complexity index is 194. The molecule has 0 spiro atoms. The maximum Gasteiger partial charge on any atom is 0.0614 e. The van der Waals surface area contributed by atoms with Crippen molar-refractivity contribution < 1.29 is 9.84 Å². The largest absolute Gasteiger partial charge is 0.394 e. The van der Waals surface area contributed by atoms with Gasteiger partial charge in [-0.1, -0.05) is 19.3 Å². The van der Waals surface area contributed by atoms with Gasteiger partial charge in [0.05, 0.1) is 6.61 Å². The van der Waals surface area contributed by atoms with Gasteiger partial charge in [-0.05, 0) is 32.1 Å². The van der Waals surface area contributed by atoms with Crippen LogP contribution in [0.2, 0.25) is 0 Å². The lowest BCUT2D eigenvalue weighted by atomic mass is 9.87. The van der Waals surface area contributed by atoms with Gasteiger partial charge < -0.3 is 15.2 Å². The Hall–Kier alpha value is -0.120. The molecule has 0 aromatic rings. The third kappa shape index (κ3) is 3.19. The molecule has 1 heterocycles. The van der Waals surface area contributed by atoms with Crippen LogP contribution in [-0.4, -0.2) is 36.5 Å². The molecule has 0 bridgehead atoms. The summed E-state index contributed by atoms with van der Waals surface area (Å²) in [6.07, 6.45) is 9.71. The van der Waals surface area contributed by atoms with Gasteiger partial charge in [-0.25, -0.2) is 0 Å². The van der Waals surface area contributed by atoms with Crippen LogP contribution in [0.5, 0.6) is 0 Å². The van der Waals surface area contributed by atoms with Crippen LogP contribution in [-0.2, 0) is 4.74 Å². The molecule has 94 valence electrons. The lowest BCUT2D eigenvalue weighted by Crippen LogP contribution is -2.53. The van der Waals surface area contributed by atoms with Crippen LogP contribution in [0.15, 0.2) is 0 Å². The molecule has 3 heteroatoms. The smallest absolute Gasteiger partial charge is 0.0614 e. The lowest BCUT2D eigenvalue weighted by Gasteiger charge is -2.37. The highest BCUT2D eigenvalue weighted by Crippen LogP contribution is 2.25. The van der Waals surface area contributed by atoms with E-state index in [4.69, 9.17) is 4.74 Å². The zero-order valence-corrected chi connectivity index (χ0v) is 10.2. The number of aliphatic hydroxyl groups is 1. The highest BCUT2D eigenvalue weighted by molar-refractivity contribution is 4.92. The SMILES string of the molecule is OCC1(NC2CCCCC2)CCCOCC1. The fourth-order valence-electron chi connectivity index (χ4n) is 3.04. The molecule has 1 saturated carbocycles. The van der Waals surface area contributed by atoms with E-state index in [1.807, 2.05) is 0 Å². The number of nitrogens with one attached hydrogen (secondary N) is 1. The second-order valence-electron chi connectivity index (χ2n) is 5.38. The molecular formula is C13H25NO2. The van der Waals surface area contributed by atoms with E-state index in [0.717, 1.165) is 32.5 Å². The van der Waals surface area contributed by atoms with E-state index in [9.17, 15) is 5.11 Å². The highest BCUT2D eigenvalue weighted by Gasteiger charge is 2.32. The molecule has 0 radical (unpaired) electrons. The number of rotatable bonds is 3. The van der Waals surface area contributed by atoms with E-state index in [1.165, 1.54) is 32.1 Å². The molecule has 0 amide bonds. The minimum atomic E-state index is -0.0570. The van der Waals surface area contributed by atoms with E-state index < -0.39 is 0 Å². The summed E-state index contributed by atoms with van der Waals surface area (Å²) < 4.78 is 5.49. The monoisotopic (exact) mass is 227 g/mol. The Labute approximate surface area is 98.6 Å². The van der Waals surface area contributed by atoms with Gasteiger partial charge >= 0.3 is 0 Å². The van der Waals surface area contributed by atoms with Crippen molar-refractivity contribution >= 4 is 0 Å². The van der Waals surface area contributed by atoms with Crippen molar-refractivity contribution in [2.45, 2.75) is 62.9 Å². The molecule has 2 N–H and O–H groups in total. The average Bonchev–Trinajstić information content (AvgIpc) is 2.57. The highest BCUT2D eigenvalue weighted by atomic mass is 16.5. The van der Waals surface area contributed by atoms with Crippen LogP contribution in [0.4, 0.5) is 0 Å². The van der Waals surface area contributed by atoms with Crippen molar-refractivity contribution in [3.63, 3.8) is 0 Å². The molecule has 2 rings (SSSR count). The zero-order valence-electron chi connectivity index (χ0n) is 10.2. The summed E-state index contributed by atoms with van der Waals surface area (Å²) in [5.74, 6) is 0. The fraction of sp³-hybridized carbons (Fsp3) is 1.00. The first-order valence-corrected chi connectivity index (χ1v) is 6.81. The minimum absolute atomic E-state index is 0.0570. The number of ether oxygens (including phenoxy) is 1. The molecule has 1 aliphatic heterocycles. The quantitative estimate of drug-likeness (QED) is 0.773. The molecule has 1 unspecified atom stereocenters. The first kappa shape index (κ1) is 12.3. The van der Waals surface area contributed by atoms with Gasteiger partial charge in [0.1, 0.15) is 0 Å². The molecule has 3 nitrogen and oxygen atoms in total. The molecule has 1 aliphatic carbocycles. The molecule has 0 aromatic heterocycles. The second kappa shape index (κ2) is 5.99. The van der Waals surface area contributed by atoms with Crippen LogP contribution < -0.4 is 5.32 Å². The standard InChI is InChI=1S/C13H25NO2/c15-11-13(7-4-9-16-10-8-13)14-12-5-2-1-3-6-12/h12,14-15H,1-11H2. The molecular weight excluding hydrogens is 202 g/mol. The van der Waals surface area contributed by atoms with E-state index in [0.29, 0.717) is 6.04 Å². The van der Waals surface area contributed by atoms with Crippen LogP contribution >= 0.6 is 0 Å². The molecule has 0 aromatic carbocycles. The number of hydrogen-bond donors (Lipinski definition) is 2. The first-order valence-electron chi connectivity index (χ1n) is 6.81. The van der Waals surface area contributed by atoms with Crippen molar-refractivity contribution in [2.75, 3.05) is 19.8 Å². The lowest BCUT2D eigenvalue weighted by molar-refractivity contribution is 0.102. The maximum absolute atomic E-state index is 9.68. The third-order valence-corrected chi connectivity index (χ3v) is 4.09. The predicted molar refractivity (Wildman–Crippen MR) is 64.5 cm³/mol. The summed E-state index contributed by atoms with van der Waals surface area (Å²) in [6.45, 7) is 1.90. The molecule has 2 fully saturated rings. The van der Waals surface area contributed by atoms with Crippen molar-refractivity contribution in [2.24, 2.45) is 0 Å². The summed E-state index contributed by atoms with van der Waals surface area (Å²) >= 11 is 0. The molecule has 16 heavy (non-hydrogen) atoms. The van der Waals surface area contributed by atoms with Gasteiger partial charge in [0.2, 0.25) is 0 Å². The average molecular weight is 227 g/mol. The normalized spacial score (nSPS) is 33.6. The van der Waals surface area contributed by atoms with Crippen molar-refractivity contribution in [3.8, 4) is 0 Å². The number of aliphatic hydroxyl groups excluding tert-OH is 1. The van der Waals surface area contributed by atoms with Crippen LogP contribution in [0.3, 0.4) is 0 Å². The van der Waals surface area contributed by atoms with Gasteiger partial charge in [0, 0.05) is 24.8 Å². The van der Waals surface area contributed by atoms with Crippen molar-refractivity contribution in [1.82, 2.24) is 5.32 Å². The fourth-order valence-corrected chi connectivity index (χ4v) is 3.04. The minimum Gasteiger partial charge on any atom is -0.394 e. The summed E-state index contributed by atoms with van der Waals surface area (Å²) in [7, 11) is 0. The van der Waals surface area contributed by atoms with Gasteiger partial charge in [0.25, 0.3) is 0 Å². The molecule has 2 aliphatic rings. The molecule has 1 atom stereocenters. The van der Waals surface area contributed by atoms with Gasteiger partial charge in [-0.2, -0.15) is 0 Å². The van der Waals surface area contributed by atoms with Crippen LogP contribution in [0, 0.1) is 0 Å². The van der Waals surface area contributed by atoms with Gasteiger partial charge in [-0.3, -0.25) is 0 Å². The second-order valence-corrected chi connectivity index (χ2v) is 5.38. The van der Waals surface area contributed by atoms with Crippen molar-refractivity contribution in [1.29, 1.82) is 0 Å². The van der Waals surface area contributed by atoms with Gasteiger partial charge in [0.15, 0.2) is 0 Å². The Morgan fingerprint density at radius 1 is 1.06 bits per heavy atom. The topological polar surface area (TPSA) is 41.5 Å². The Kier molecular flexibility index (Phi) is 4.62. The molecule has 1 saturated heterocycles.